The summed E-state index contributed by atoms with van der Waals surface area (Å²) in [5, 5.41) is 0. The van der Waals surface area contributed by atoms with Gasteiger partial charge < -0.3 is 14.5 Å². The van der Waals surface area contributed by atoms with Crippen LogP contribution in [0.2, 0.25) is 0 Å². The summed E-state index contributed by atoms with van der Waals surface area (Å²) in [5.41, 5.74) is 3.81. The number of hydrogen-bond acceptors (Lipinski definition) is 4. The van der Waals surface area contributed by atoms with Crippen LogP contribution in [-0.2, 0) is 6.61 Å². The smallest absolute Gasteiger partial charge is 0.143 e. The molecule has 0 bridgehead atoms. The van der Waals surface area contributed by atoms with Crippen LogP contribution in [0, 0.1) is 0 Å². The zero-order valence-corrected chi connectivity index (χ0v) is 18.0. The maximum absolute atomic E-state index is 6.32. The van der Waals surface area contributed by atoms with E-state index in [-0.39, 0.29) is 0 Å². The van der Waals surface area contributed by atoms with Crippen LogP contribution in [0.1, 0.15) is 38.7 Å². The second kappa shape index (κ2) is 9.53. The van der Waals surface area contributed by atoms with Crippen molar-refractivity contribution in [2.75, 3.05) is 49.1 Å². The third-order valence-corrected chi connectivity index (χ3v) is 6.29. The number of benzene rings is 2. The highest BCUT2D eigenvalue weighted by Gasteiger charge is 2.23. The zero-order chi connectivity index (χ0) is 20.1. The number of piperidine rings is 1. The fraction of sp³-hybridized carbons (Fsp3) is 0.520. The van der Waals surface area contributed by atoms with Crippen molar-refractivity contribution < 1.29 is 4.74 Å². The lowest BCUT2D eigenvalue weighted by Gasteiger charge is -2.39. The van der Waals surface area contributed by atoms with Crippen LogP contribution in [0.15, 0.2) is 48.5 Å². The summed E-state index contributed by atoms with van der Waals surface area (Å²) in [4.78, 5) is 7.63. The minimum Gasteiger partial charge on any atom is -0.487 e. The number of piperazine rings is 1. The Bertz CT molecular complexity index is 763. The lowest BCUT2D eigenvalue weighted by molar-refractivity contribution is 0.208. The molecule has 2 aliphatic rings. The minimum atomic E-state index is 0.614. The van der Waals surface area contributed by atoms with Gasteiger partial charge in [0.1, 0.15) is 12.4 Å². The van der Waals surface area contributed by atoms with Crippen molar-refractivity contribution in [3.8, 4) is 5.75 Å². The third kappa shape index (κ3) is 5.05. The minimum absolute atomic E-state index is 0.614. The maximum atomic E-state index is 6.32. The van der Waals surface area contributed by atoms with E-state index in [1.165, 1.54) is 49.3 Å². The van der Waals surface area contributed by atoms with Gasteiger partial charge in [-0.3, -0.25) is 4.90 Å². The quantitative estimate of drug-likeness (QED) is 0.702. The highest BCUT2D eigenvalue weighted by Crippen LogP contribution is 2.35. The van der Waals surface area contributed by atoms with Crippen molar-refractivity contribution >= 4 is 11.4 Å². The Kier molecular flexibility index (Phi) is 6.60. The van der Waals surface area contributed by atoms with Gasteiger partial charge in [-0.25, -0.2) is 0 Å². The Morgan fingerprint density at radius 2 is 1.52 bits per heavy atom. The van der Waals surface area contributed by atoms with E-state index in [9.17, 15) is 0 Å². The first kappa shape index (κ1) is 20.1. The summed E-state index contributed by atoms with van der Waals surface area (Å²) in [6, 6.07) is 17.9. The van der Waals surface area contributed by atoms with Gasteiger partial charge in [-0.05, 0) is 56.9 Å². The highest BCUT2D eigenvalue weighted by molar-refractivity contribution is 5.67. The predicted octanol–water partition coefficient (Wildman–Crippen LogP) is 4.79. The first-order valence-electron chi connectivity index (χ1n) is 11.3. The summed E-state index contributed by atoms with van der Waals surface area (Å²) in [6.45, 7) is 11.9. The van der Waals surface area contributed by atoms with E-state index < -0.39 is 0 Å². The van der Waals surface area contributed by atoms with Crippen LogP contribution in [0.5, 0.6) is 5.75 Å². The van der Waals surface area contributed by atoms with Gasteiger partial charge in [-0.15, -0.1) is 0 Å². The fourth-order valence-corrected chi connectivity index (χ4v) is 4.44. The summed E-state index contributed by atoms with van der Waals surface area (Å²) in [5.74, 6) is 1.01. The molecule has 4 heteroatoms. The molecule has 0 N–H and O–H groups in total. The van der Waals surface area contributed by atoms with Crippen molar-refractivity contribution in [1.29, 1.82) is 0 Å². The number of anilines is 2. The zero-order valence-electron chi connectivity index (χ0n) is 18.0. The molecule has 0 amide bonds. The van der Waals surface area contributed by atoms with Crippen molar-refractivity contribution in [3.63, 3.8) is 0 Å². The van der Waals surface area contributed by atoms with Gasteiger partial charge in [0.25, 0.3) is 0 Å². The lowest BCUT2D eigenvalue weighted by Crippen LogP contribution is -2.49. The Hall–Kier alpha value is -2.20. The Labute approximate surface area is 176 Å². The maximum Gasteiger partial charge on any atom is 0.143 e. The molecule has 2 saturated heterocycles. The van der Waals surface area contributed by atoms with Crippen LogP contribution in [0.25, 0.3) is 0 Å². The molecule has 0 radical (unpaired) electrons. The van der Waals surface area contributed by atoms with E-state index in [0.29, 0.717) is 12.6 Å². The average molecular weight is 394 g/mol. The van der Waals surface area contributed by atoms with Crippen molar-refractivity contribution in [2.45, 2.75) is 45.8 Å². The van der Waals surface area contributed by atoms with E-state index in [1.807, 2.05) is 0 Å². The van der Waals surface area contributed by atoms with Crippen molar-refractivity contribution in [1.82, 2.24) is 4.90 Å². The fourth-order valence-electron chi connectivity index (χ4n) is 4.44. The average Bonchev–Trinajstić information content (AvgIpc) is 2.79. The highest BCUT2D eigenvalue weighted by atomic mass is 16.5. The lowest BCUT2D eigenvalue weighted by atomic mass is 10.1. The summed E-state index contributed by atoms with van der Waals surface area (Å²) in [7, 11) is 0. The molecule has 4 rings (SSSR count). The van der Waals surface area contributed by atoms with Crippen LogP contribution in [-0.4, -0.2) is 50.2 Å². The van der Waals surface area contributed by atoms with Gasteiger partial charge in [-0.1, -0.05) is 30.3 Å². The first-order valence-corrected chi connectivity index (χ1v) is 11.3. The van der Waals surface area contributed by atoms with Crippen LogP contribution in [0.3, 0.4) is 0 Å². The summed E-state index contributed by atoms with van der Waals surface area (Å²) >= 11 is 0. The molecule has 2 heterocycles. The Balaban J connectivity index is 1.54. The van der Waals surface area contributed by atoms with E-state index in [1.54, 1.807) is 0 Å². The molecule has 0 spiro atoms. The third-order valence-electron chi connectivity index (χ3n) is 6.29. The molecule has 0 atom stereocenters. The van der Waals surface area contributed by atoms with Gasteiger partial charge >= 0.3 is 0 Å². The van der Waals surface area contributed by atoms with E-state index in [2.05, 4.69) is 77.1 Å². The number of rotatable bonds is 6. The molecule has 0 aromatic heterocycles. The van der Waals surface area contributed by atoms with Gasteiger partial charge in [0.15, 0.2) is 0 Å². The monoisotopic (exact) mass is 393 g/mol. The molecule has 2 aliphatic heterocycles. The Morgan fingerprint density at radius 1 is 0.793 bits per heavy atom. The molecule has 29 heavy (non-hydrogen) atoms. The number of nitrogens with zero attached hydrogens (tertiary/aromatic N) is 3. The van der Waals surface area contributed by atoms with Gasteiger partial charge in [-0.2, -0.15) is 0 Å². The summed E-state index contributed by atoms with van der Waals surface area (Å²) in [6.07, 6.45) is 3.96. The summed E-state index contributed by atoms with van der Waals surface area (Å²) < 4.78 is 6.32. The first-order chi connectivity index (χ1) is 14.2. The van der Waals surface area contributed by atoms with Gasteiger partial charge in [0, 0.05) is 51.0 Å². The van der Waals surface area contributed by atoms with Crippen molar-refractivity contribution in [2.24, 2.45) is 0 Å². The van der Waals surface area contributed by atoms with E-state index >= 15 is 0 Å². The largest absolute Gasteiger partial charge is 0.487 e. The second-order valence-electron chi connectivity index (χ2n) is 8.59. The van der Waals surface area contributed by atoms with Gasteiger partial charge in [0.05, 0.1) is 5.69 Å². The van der Waals surface area contributed by atoms with Gasteiger partial charge in [0.2, 0.25) is 0 Å². The molecule has 156 valence electrons. The predicted molar refractivity (Wildman–Crippen MR) is 122 cm³/mol. The van der Waals surface area contributed by atoms with E-state index in [0.717, 1.165) is 31.9 Å². The molecule has 0 aliphatic carbocycles. The molecular weight excluding hydrogens is 358 g/mol. The number of ether oxygens (including phenoxy) is 1. The topological polar surface area (TPSA) is 19.0 Å². The molecule has 4 nitrogen and oxygen atoms in total. The normalized spacial score (nSPS) is 18.3. The number of hydrogen-bond donors (Lipinski definition) is 0. The van der Waals surface area contributed by atoms with Crippen LogP contribution >= 0.6 is 0 Å². The Morgan fingerprint density at radius 3 is 2.21 bits per heavy atom. The molecule has 2 fully saturated rings. The molecule has 0 saturated carbocycles. The van der Waals surface area contributed by atoms with Crippen LogP contribution < -0.4 is 14.5 Å². The van der Waals surface area contributed by atoms with Crippen molar-refractivity contribution in [3.05, 3.63) is 54.1 Å². The SMILES string of the molecule is CC(C)N1CCN(c2cc(N3CCCCC3)ccc2OCc2ccccc2)CC1. The molecular formula is C25H35N3O. The molecule has 0 unspecified atom stereocenters. The van der Waals surface area contributed by atoms with Crippen LogP contribution in [0.4, 0.5) is 11.4 Å². The second-order valence-corrected chi connectivity index (χ2v) is 8.59. The molecule has 2 aromatic rings. The molecule has 2 aromatic carbocycles. The van der Waals surface area contributed by atoms with E-state index in [4.69, 9.17) is 4.74 Å². The standard InChI is InChI=1S/C25H35N3O/c1-21(2)26-15-17-28(18-16-26)24-19-23(27-13-7-4-8-14-27)11-12-25(24)29-20-22-9-5-3-6-10-22/h3,5-6,9-12,19,21H,4,7-8,13-18,20H2,1-2H3.